The van der Waals surface area contributed by atoms with E-state index in [0.717, 1.165) is 47.7 Å². The zero-order valence-electron chi connectivity index (χ0n) is 13.3. The van der Waals surface area contributed by atoms with Crippen molar-refractivity contribution in [2.24, 2.45) is 0 Å². The number of methoxy groups -OCH3 is 1. The van der Waals surface area contributed by atoms with E-state index in [9.17, 15) is 5.11 Å². The van der Waals surface area contributed by atoms with E-state index in [-0.39, 0.29) is 5.75 Å². The van der Waals surface area contributed by atoms with Gasteiger partial charge in [-0.15, -0.1) is 0 Å². The van der Waals surface area contributed by atoms with Crippen molar-refractivity contribution >= 4 is 11.8 Å². The normalized spacial score (nSPS) is 16.9. The summed E-state index contributed by atoms with van der Waals surface area (Å²) in [5.41, 5.74) is 5.79. The lowest BCUT2D eigenvalue weighted by Gasteiger charge is -2.37. The molecule has 0 saturated carbocycles. The molecule has 2 aromatic carbocycles. The second-order valence-corrected chi connectivity index (χ2v) is 6.25. The van der Waals surface area contributed by atoms with E-state index in [1.54, 1.807) is 7.11 Å². The molecule has 0 spiro atoms. The molecule has 24 heavy (non-hydrogen) atoms. The topological polar surface area (TPSA) is 51.2 Å². The van der Waals surface area contributed by atoms with E-state index < -0.39 is 0 Å². The van der Waals surface area contributed by atoms with Gasteiger partial charge in [-0.2, -0.15) is 0 Å². The number of benzene rings is 2. The highest BCUT2D eigenvalue weighted by atomic mass is 16.7. The van der Waals surface area contributed by atoms with E-state index in [0.29, 0.717) is 12.5 Å². The van der Waals surface area contributed by atoms with Crippen LogP contribution in [0.15, 0.2) is 24.3 Å². The van der Waals surface area contributed by atoms with Crippen LogP contribution in [0.25, 0.3) is 11.8 Å². The lowest BCUT2D eigenvalue weighted by Crippen LogP contribution is -2.31. The van der Waals surface area contributed by atoms with Gasteiger partial charge in [-0.05, 0) is 41.8 Å². The molecule has 5 rings (SSSR count). The molecule has 0 atom stereocenters. The summed E-state index contributed by atoms with van der Waals surface area (Å²) in [5, 5.41) is 10.0. The molecular weight excluding hydrogens is 306 g/mol. The van der Waals surface area contributed by atoms with Crippen LogP contribution in [-0.2, 0) is 13.0 Å². The maximum atomic E-state index is 10.0. The Morgan fingerprint density at radius 3 is 3.00 bits per heavy atom. The molecule has 3 aliphatic rings. The zero-order valence-corrected chi connectivity index (χ0v) is 13.3. The Bertz CT molecular complexity index is 887. The van der Waals surface area contributed by atoms with Crippen LogP contribution in [0.5, 0.6) is 23.0 Å². The van der Waals surface area contributed by atoms with Crippen LogP contribution in [0, 0.1) is 0 Å². The molecule has 2 aromatic rings. The fourth-order valence-electron chi connectivity index (χ4n) is 3.78. The molecule has 0 amide bonds. The van der Waals surface area contributed by atoms with Crippen LogP contribution >= 0.6 is 0 Å². The summed E-state index contributed by atoms with van der Waals surface area (Å²) >= 11 is 0. The molecule has 5 nitrogen and oxygen atoms in total. The van der Waals surface area contributed by atoms with E-state index in [4.69, 9.17) is 14.2 Å². The first kappa shape index (κ1) is 13.6. The molecule has 3 heterocycles. The minimum atomic E-state index is 0.199. The fourth-order valence-corrected chi connectivity index (χ4v) is 3.78. The van der Waals surface area contributed by atoms with Gasteiger partial charge in [-0.25, -0.2) is 0 Å². The molecule has 0 unspecified atom stereocenters. The van der Waals surface area contributed by atoms with Gasteiger partial charge in [0, 0.05) is 29.9 Å². The van der Waals surface area contributed by atoms with Crippen molar-refractivity contribution in [2.45, 2.75) is 13.0 Å². The Morgan fingerprint density at radius 2 is 2.12 bits per heavy atom. The number of aromatic hydroxyl groups is 1. The lowest BCUT2D eigenvalue weighted by atomic mass is 9.90. The van der Waals surface area contributed by atoms with Crippen LogP contribution in [0.4, 0.5) is 0 Å². The number of phenolic OH excluding ortho intramolecular Hbond substituents is 1. The molecule has 122 valence electrons. The molecule has 0 saturated heterocycles. The molecule has 3 aliphatic heterocycles. The first-order chi connectivity index (χ1) is 11.7. The first-order valence-corrected chi connectivity index (χ1v) is 8.03. The maximum absolute atomic E-state index is 10.0. The van der Waals surface area contributed by atoms with Gasteiger partial charge in [0.2, 0.25) is 6.79 Å². The van der Waals surface area contributed by atoms with Crippen LogP contribution in [0.3, 0.4) is 0 Å². The van der Waals surface area contributed by atoms with Gasteiger partial charge >= 0.3 is 0 Å². The molecule has 5 heteroatoms. The van der Waals surface area contributed by atoms with Crippen LogP contribution in [0.1, 0.15) is 22.3 Å². The molecule has 1 N–H and O–H groups in total. The molecule has 0 radical (unpaired) electrons. The van der Waals surface area contributed by atoms with Crippen molar-refractivity contribution < 1.29 is 19.3 Å². The smallest absolute Gasteiger partial charge is 0.231 e. The standard InChI is InChI=1S/C19H17NO4/c1-22-18-8-13-12(7-16(18)21)4-5-20-9-14-11(6-15(13)20)2-3-17-19(14)24-10-23-17/h2-3,6-8,21H,4-5,9-10H2,1H3. The summed E-state index contributed by atoms with van der Waals surface area (Å²) in [6.45, 7) is 2.01. The van der Waals surface area contributed by atoms with E-state index in [1.165, 1.54) is 11.3 Å². The van der Waals surface area contributed by atoms with Crippen molar-refractivity contribution in [3.63, 3.8) is 0 Å². The van der Waals surface area contributed by atoms with Crippen LogP contribution < -0.4 is 14.2 Å². The van der Waals surface area contributed by atoms with Gasteiger partial charge < -0.3 is 24.2 Å². The quantitative estimate of drug-likeness (QED) is 0.874. The third kappa shape index (κ3) is 1.81. The second kappa shape index (κ2) is 4.84. The molecule has 0 fully saturated rings. The zero-order chi connectivity index (χ0) is 16.3. The number of nitrogens with zero attached hydrogens (tertiary/aromatic N) is 1. The second-order valence-electron chi connectivity index (χ2n) is 6.25. The maximum Gasteiger partial charge on any atom is 0.231 e. The summed E-state index contributed by atoms with van der Waals surface area (Å²) < 4.78 is 16.5. The molecular formula is C19H17NO4. The Labute approximate surface area is 139 Å². The summed E-state index contributed by atoms with van der Waals surface area (Å²) in [6, 6.07) is 7.80. The average Bonchev–Trinajstić information content (AvgIpc) is 3.08. The highest BCUT2D eigenvalue weighted by molar-refractivity contribution is 5.87. The highest BCUT2D eigenvalue weighted by Gasteiger charge is 2.30. The lowest BCUT2D eigenvalue weighted by molar-refractivity contribution is 0.172. The van der Waals surface area contributed by atoms with Crippen LogP contribution in [-0.4, -0.2) is 30.5 Å². The summed E-state index contributed by atoms with van der Waals surface area (Å²) in [5.74, 6) is 2.41. The van der Waals surface area contributed by atoms with Crippen molar-refractivity contribution in [1.82, 2.24) is 4.90 Å². The Balaban J connectivity index is 1.68. The van der Waals surface area contributed by atoms with Gasteiger partial charge in [0.05, 0.1) is 7.11 Å². The number of hydrogen-bond donors (Lipinski definition) is 1. The minimum absolute atomic E-state index is 0.199. The minimum Gasteiger partial charge on any atom is -0.504 e. The fraction of sp³-hybridized carbons (Fsp3) is 0.263. The summed E-state index contributed by atoms with van der Waals surface area (Å²) in [6.07, 6.45) is 3.08. The number of rotatable bonds is 1. The summed E-state index contributed by atoms with van der Waals surface area (Å²) in [7, 11) is 1.58. The highest BCUT2D eigenvalue weighted by Crippen LogP contribution is 2.45. The van der Waals surface area contributed by atoms with Gasteiger partial charge in [0.15, 0.2) is 23.0 Å². The SMILES string of the molecule is COc1cc2c(cc1O)CCN1Cc3c(ccc4c3OCO4)C=C21. The molecule has 0 bridgehead atoms. The number of ether oxygens (including phenoxy) is 3. The van der Waals surface area contributed by atoms with Crippen molar-refractivity contribution in [2.75, 3.05) is 20.4 Å². The van der Waals surface area contributed by atoms with Crippen molar-refractivity contribution in [1.29, 1.82) is 0 Å². The van der Waals surface area contributed by atoms with Crippen LogP contribution in [0.2, 0.25) is 0 Å². The predicted molar refractivity (Wildman–Crippen MR) is 89.2 cm³/mol. The van der Waals surface area contributed by atoms with Gasteiger partial charge in [0.1, 0.15) is 0 Å². The monoisotopic (exact) mass is 323 g/mol. The Morgan fingerprint density at radius 1 is 1.21 bits per heavy atom. The number of fused-ring (bicyclic) bond motifs is 6. The number of phenols is 1. The molecule has 0 aliphatic carbocycles. The third-order valence-electron chi connectivity index (χ3n) is 4.99. The van der Waals surface area contributed by atoms with Crippen molar-refractivity contribution in [3.05, 3.63) is 46.5 Å². The van der Waals surface area contributed by atoms with E-state index in [1.807, 2.05) is 18.2 Å². The molecule has 0 aromatic heterocycles. The Hall–Kier alpha value is -2.82. The summed E-state index contributed by atoms with van der Waals surface area (Å²) in [4.78, 5) is 2.35. The van der Waals surface area contributed by atoms with Gasteiger partial charge in [0.25, 0.3) is 0 Å². The average molecular weight is 323 g/mol. The number of hydrogen-bond acceptors (Lipinski definition) is 5. The van der Waals surface area contributed by atoms with Gasteiger partial charge in [-0.1, -0.05) is 6.07 Å². The van der Waals surface area contributed by atoms with E-state index >= 15 is 0 Å². The largest absolute Gasteiger partial charge is 0.504 e. The third-order valence-corrected chi connectivity index (χ3v) is 4.99. The Kier molecular flexibility index (Phi) is 2.74. The first-order valence-electron chi connectivity index (χ1n) is 8.03. The van der Waals surface area contributed by atoms with Crippen molar-refractivity contribution in [3.8, 4) is 23.0 Å². The predicted octanol–water partition coefficient (Wildman–Crippen LogP) is 3.00. The van der Waals surface area contributed by atoms with E-state index in [2.05, 4.69) is 17.0 Å². The van der Waals surface area contributed by atoms with Gasteiger partial charge in [-0.3, -0.25) is 0 Å².